The summed E-state index contributed by atoms with van der Waals surface area (Å²) in [5, 5.41) is 15.1. The lowest BCUT2D eigenvalue weighted by atomic mass is 10.1. The van der Waals surface area contributed by atoms with Gasteiger partial charge in [-0.3, -0.25) is 14.4 Å². The first-order valence-electron chi connectivity index (χ1n) is 7.86. The zero-order chi connectivity index (χ0) is 18.2. The molecule has 8 nitrogen and oxygen atoms in total. The number of H-pyrrole nitrogens is 1. The summed E-state index contributed by atoms with van der Waals surface area (Å²) in [7, 11) is 0. The number of aromatic amines is 1. The summed E-state index contributed by atoms with van der Waals surface area (Å²) in [6, 6.07) is 9.78. The fourth-order valence-corrected chi connectivity index (χ4v) is 2.11. The number of carbonyl (C=O) groups is 2. The van der Waals surface area contributed by atoms with E-state index in [-0.39, 0.29) is 30.4 Å². The second-order valence-electron chi connectivity index (χ2n) is 5.34. The van der Waals surface area contributed by atoms with Gasteiger partial charge in [-0.05, 0) is 5.56 Å². The number of nitrogens with one attached hydrogen (secondary N) is 3. The van der Waals surface area contributed by atoms with E-state index in [1.54, 1.807) is 37.3 Å². The number of carbonyl (C=O) groups excluding carboxylic acids is 2. The van der Waals surface area contributed by atoms with Gasteiger partial charge in [-0.15, -0.1) is 0 Å². The Morgan fingerprint density at radius 2 is 1.92 bits per heavy atom. The van der Waals surface area contributed by atoms with E-state index in [9.17, 15) is 19.5 Å². The number of hydrogen-bond acceptors (Lipinski definition) is 5. The number of benzene rings is 1. The summed E-state index contributed by atoms with van der Waals surface area (Å²) < 4.78 is 0. The van der Waals surface area contributed by atoms with Gasteiger partial charge in [0.05, 0.1) is 18.8 Å². The molecule has 8 heteroatoms. The molecule has 0 spiro atoms. The summed E-state index contributed by atoms with van der Waals surface area (Å²) in [5.41, 5.74) is 0.472. The monoisotopic (exact) mass is 344 g/mol. The number of rotatable bonds is 7. The van der Waals surface area contributed by atoms with Crippen molar-refractivity contribution in [1.82, 2.24) is 20.6 Å². The van der Waals surface area contributed by atoms with Crippen LogP contribution < -0.4 is 16.2 Å². The van der Waals surface area contributed by atoms with Gasteiger partial charge in [-0.1, -0.05) is 37.3 Å². The van der Waals surface area contributed by atoms with Gasteiger partial charge in [0.25, 0.3) is 11.5 Å². The zero-order valence-electron chi connectivity index (χ0n) is 13.8. The smallest absolute Gasteiger partial charge is 0.253 e. The molecule has 0 saturated heterocycles. The molecule has 0 bridgehead atoms. The molecule has 0 fully saturated rings. The number of hydrogen-bond donors (Lipinski definition) is 4. The zero-order valence-corrected chi connectivity index (χ0v) is 13.8. The molecule has 1 unspecified atom stereocenters. The summed E-state index contributed by atoms with van der Waals surface area (Å²) >= 11 is 0. The highest BCUT2D eigenvalue weighted by Gasteiger charge is 2.16. The molecule has 0 radical (unpaired) electrons. The molecule has 2 rings (SSSR count). The van der Waals surface area contributed by atoms with E-state index in [0.29, 0.717) is 17.7 Å². The molecular weight excluding hydrogens is 324 g/mol. The molecule has 2 amide bonds. The first kappa shape index (κ1) is 18.3. The molecule has 2 aromatic rings. The Labute approximate surface area is 144 Å². The van der Waals surface area contributed by atoms with E-state index >= 15 is 0 Å². The predicted molar refractivity (Wildman–Crippen MR) is 90.2 cm³/mol. The fraction of sp³-hybridized carbons (Fsp3) is 0.294. The number of aliphatic hydroxyl groups excluding tert-OH is 1. The summed E-state index contributed by atoms with van der Waals surface area (Å²) in [5.74, 6) is -0.511. The Morgan fingerprint density at radius 3 is 2.60 bits per heavy atom. The maximum atomic E-state index is 12.0. The number of aromatic nitrogens is 2. The molecular formula is C17H20N4O4. The van der Waals surface area contributed by atoms with Crippen molar-refractivity contribution in [1.29, 1.82) is 0 Å². The van der Waals surface area contributed by atoms with Crippen LogP contribution in [0.4, 0.5) is 0 Å². The topological polar surface area (TPSA) is 124 Å². The van der Waals surface area contributed by atoms with Gasteiger partial charge in [0, 0.05) is 12.5 Å². The second kappa shape index (κ2) is 8.74. The van der Waals surface area contributed by atoms with Crippen LogP contribution in [0.5, 0.6) is 0 Å². The Hall–Kier alpha value is -3.00. The maximum absolute atomic E-state index is 12.0. The largest absolute Gasteiger partial charge is 0.378 e. The van der Waals surface area contributed by atoms with Crippen molar-refractivity contribution in [3.05, 3.63) is 63.8 Å². The van der Waals surface area contributed by atoms with E-state index in [4.69, 9.17) is 0 Å². The molecule has 1 heterocycles. The third kappa shape index (κ3) is 5.54. The third-order valence-electron chi connectivity index (χ3n) is 3.43. The first-order valence-corrected chi connectivity index (χ1v) is 7.86. The summed E-state index contributed by atoms with van der Waals surface area (Å²) in [6.07, 6.45) is -0.969. The number of amides is 2. The van der Waals surface area contributed by atoms with Crippen LogP contribution >= 0.6 is 0 Å². The summed E-state index contributed by atoms with van der Waals surface area (Å²) in [6.45, 7) is 1.80. The van der Waals surface area contributed by atoms with Crippen LogP contribution in [-0.4, -0.2) is 26.9 Å². The van der Waals surface area contributed by atoms with Gasteiger partial charge in [-0.25, -0.2) is 4.98 Å². The Bertz CT molecular complexity index is 789. The first-order chi connectivity index (χ1) is 12.0. The lowest BCUT2D eigenvalue weighted by Crippen LogP contribution is -2.31. The standard InChI is InChI=1S/C17H20N4O4/c1-2-14(22)18-9-12-8-15(23)21-13(20-12)10-19-17(25)16(24)11-6-4-3-5-7-11/h3-8,16,24H,2,9-10H2,1H3,(H,18,22)(H,19,25)(H,20,21,23). The highest BCUT2D eigenvalue weighted by molar-refractivity contribution is 5.81. The average Bonchev–Trinajstić information content (AvgIpc) is 2.63. The molecule has 1 atom stereocenters. The van der Waals surface area contributed by atoms with E-state index < -0.39 is 12.0 Å². The molecule has 1 aromatic heterocycles. The Balaban J connectivity index is 1.98. The number of nitrogens with zero attached hydrogens (tertiary/aromatic N) is 1. The van der Waals surface area contributed by atoms with Crippen LogP contribution in [0.15, 0.2) is 41.2 Å². The lowest BCUT2D eigenvalue weighted by molar-refractivity contribution is -0.129. The minimum Gasteiger partial charge on any atom is -0.378 e. The number of aliphatic hydroxyl groups is 1. The van der Waals surface area contributed by atoms with Gasteiger partial charge in [0.2, 0.25) is 5.91 Å². The minimum atomic E-state index is -1.31. The van der Waals surface area contributed by atoms with E-state index in [0.717, 1.165) is 0 Å². The van der Waals surface area contributed by atoms with Gasteiger partial charge in [-0.2, -0.15) is 0 Å². The second-order valence-corrected chi connectivity index (χ2v) is 5.34. The fourth-order valence-electron chi connectivity index (χ4n) is 2.11. The van der Waals surface area contributed by atoms with Gasteiger partial charge in [0.1, 0.15) is 5.82 Å². The van der Waals surface area contributed by atoms with E-state index in [1.165, 1.54) is 6.07 Å². The van der Waals surface area contributed by atoms with Crippen molar-refractivity contribution in [2.24, 2.45) is 0 Å². The van der Waals surface area contributed by atoms with Crippen LogP contribution in [0.25, 0.3) is 0 Å². The molecule has 1 aromatic carbocycles. The van der Waals surface area contributed by atoms with Gasteiger partial charge in [0.15, 0.2) is 6.10 Å². The Kier molecular flexibility index (Phi) is 6.41. The van der Waals surface area contributed by atoms with Gasteiger partial charge >= 0.3 is 0 Å². The highest BCUT2D eigenvalue weighted by atomic mass is 16.3. The van der Waals surface area contributed by atoms with Crippen molar-refractivity contribution in [3.63, 3.8) is 0 Å². The van der Waals surface area contributed by atoms with E-state index in [1.807, 2.05) is 0 Å². The van der Waals surface area contributed by atoms with Crippen molar-refractivity contribution in [2.75, 3.05) is 0 Å². The summed E-state index contributed by atoms with van der Waals surface area (Å²) in [4.78, 5) is 41.6. The van der Waals surface area contributed by atoms with Crippen LogP contribution in [0.2, 0.25) is 0 Å². The molecule has 132 valence electrons. The van der Waals surface area contributed by atoms with Crippen molar-refractivity contribution in [2.45, 2.75) is 32.5 Å². The quantitative estimate of drug-likeness (QED) is 0.569. The normalized spacial score (nSPS) is 11.6. The maximum Gasteiger partial charge on any atom is 0.253 e. The molecule has 0 aliphatic rings. The van der Waals surface area contributed by atoms with Crippen molar-refractivity contribution < 1.29 is 14.7 Å². The average molecular weight is 344 g/mol. The third-order valence-corrected chi connectivity index (χ3v) is 3.43. The molecule has 4 N–H and O–H groups in total. The SMILES string of the molecule is CCC(=O)NCc1cc(=O)[nH]c(CNC(=O)C(O)c2ccccc2)n1. The van der Waals surface area contributed by atoms with Crippen molar-refractivity contribution in [3.8, 4) is 0 Å². The van der Waals surface area contributed by atoms with Crippen molar-refractivity contribution >= 4 is 11.8 Å². The molecule has 0 aliphatic heterocycles. The lowest BCUT2D eigenvalue weighted by Gasteiger charge is -2.11. The Morgan fingerprint density at radius 1 is 1.20 bits per heavy atom. The van der Waals surface area contributed by atoms with Gasteiger partial charge < -0.3 is 20.7 Å². The molecule has 0 saturated carbocycles. The van der Waals surface area contributed by atoms with Crippen LogP contribution in [0.3, 0.4) is 0 Å². The molecule has 25 heavy (non-hydrogen) atoms. The van der Waals surface area contributed by atoms with E-state index in [2.05, 4.69) is 20.6 Å². The minimum absolute atomic E-state index is 0.0481. The predicted octanol–water partition coefficient (Wildman–Crippen LogP) is 0.146. The van der Waals surface area contributed by atoms with Crippen LogP contribution in [0, 0.1) is 0 Å². The highest BCUT2D eigenvalue weighted by Crippen LogP contribution is 2.11. The van der Waals surface area contributed by atoms with Crippen LogP contribution in [-0.2, 0) is 22.7 Å². The molecule has 0 aliphatic carbocycles. The van der Waals surface area contributed by atoms with Crippen LogP contribution in [0.1, 0.15) is 36.5 Å².